The molecule has 29 heavy (non-hydrogen) atoms. The number of rotatable bonds is 4. The van der Waals surface area contributed by atoms with Crippen LogP contribution in [0, 0.1) is 0 Å². The predicted octanol–water partition coefficient (Wildman–Crippen LogP) is 3.85. The second-order valence-electron chi connectivity index (χ2n) is 7.17. The molecule has 1 saturated heterocycles. The Balaban J connectivity index is 1.35. The number of piperazine rings is 1. The maximum absolute atomic E-state index is 6.01. The zero-order valence-electron chi connectivity index (χ0n) is 15.9. The largest absolute Gasteiger partial charge is 0.368 e. The molecule has 0 N–H and O–H groups in total. The number of nitrogens with zero attached hydrogens (tertiary/aromatic N) is 6. The van der Waals surface area contributed by atoms with Crippen molar-refractivity contribution in [2.24, 2.45) is 0 Å². The Morgan fingerprint density at radius 2 is 1.55 bits per heavy atom. The SMILES string of the molecule is Clc1ccc(N2CCN(c3ncnc4c3cnn4Cc3ccccc3)CC2)cc1. The van der Waals surface area contributed by atoms with Crippen molar-refractivity contribution in [1.29, 1.82) is 0 Å². The lowest BCUT2D eigenvalue weighted by Crippen LogP contribution is -2.46. The molecule has 6 nitrogen and oxygen atoms in total. The molecule has 5 rings (SSSR count). The molecule has 2 aromatic carbocycles. The topological polar surface area (TPSA) is 50.1 Å². The van der Waals surface area contributed by atoms with Crippen LogP contribution in [-0.2, 0) is 6.54 Å². The van der Waals surface area contributed by atoms with Crippen LogP contribution in [0.5, 0.6) is 0 Å². The molecule has 1 aliphatic heterocycles. The van der Waals surface area contributed by atoms with Gasteiger partial charge < -0.3 is 9.80 Å². The number of aromatic nitrogens is 4. The number of hydrogen-bond acceptors (Lipinski definition) is 5. The summed E-state index contributed by atoms with van der Waals surface area (Å²) in [7, 11) is 0. The molecule has 0 aliphatic carbocycles. The van der Waals surface area contributed by atoms with Crippen molar-refractivity contribution in [3.05, 3.63) is 77.7 Å². The summed E-state index contributed by atoms with van der Waals surface area (Å²) in [5, 5.41) is 6.35. The summed E-state index contributed by atoms with van der Waals surface area (Å²) < 4.78 is 1.94. The van der Waals surface area contributed by atoms with Crippen molar-refractivity contribution in [3.63, 3.8) is 0 Å². The minimum Gasteiger partial charge on any atom is -0.368 e. The van der Waals surface area contributed by atoms with Gasteiger partial charge in [-0.2, -0.15) is 5.10 Å². The van der Waals surface area contributed by atoms with E-state index in [1.165, 1.54) is 11.3 Å². The van der Waals surface area contributed by atoms with Crippen molar-refractivity contribution in [1.82, 2.24) is 19.7 Å². The third-order valence-electron chi connectivity index (χ3n) is 5.36. The van der Waals surface area contributed by atoms with Gasteiger partial charge in [0.1, 0.15) is 12.1 Å². The second kappa shape index (κ2) is 7.72. The van der Waals surface area contributed by atoms with E-state index in [1.54, 1.807) is 6.33 Å². The van der Waals surface area contributed by atoms with Crippen LogP contribution in [-0.4, -0.2) is 45.9 Å². The smallest absolute Gasteiger partial charge is 0.163 e. The van der Waals surface area contributed by atoms with E-state index >= 15 is 0 Å². The van der Waals surface area contributed by atoms with Crippen LogP contribution in [0.25, 0.3) is 11.0 Å². The highest BCUT2D eigenvalue weighted by atomic mass is 35.5. The Morgan fingerprint density at radius 1 is 0.828 bits per heavy atom. The molecule has 1 fully saturated rings. The van der Waals surface area contributed by atoms with Gasteiger partial charge in [-0.15, -0.1) is 0 Å². The van der Waals surface area contributed by atoms with Gasteiger partial charge in [0.05, 0.1) is 18.1 Å². The average Bonchev–Trinajstić information content (AvgIpc) is 3.18. The third-order valence-corrected chi connectivity index (χ3v) is 5.61. The van der Waals surface area contributed by atoms with Gasteiger partial charge in [0.25, 0.3) is 0 Å². The van der Waals surface area contributed by atoms with E-state index in [-0.39, 0.29) is 0 Å². The first-order valence-corrected chi connectivity index (χ1v) is 10.1. The highest BCUT2D eigenvalue weighted by Gasteiger charge is 2.21. The van der Waals surface area contributed by atoms with Gasteiger partial charge in [0, 0.05) is 36.9 Å². The second-order valence-corrected chi connectivity index (χ2v) is 7.61. The van der Waals surface area contributed by atoms with Crippen LogP contribution >= 0.6 is 11.6 Å². The monoisotopic (exact) mass is 404 g/mol. The Hall–Kier alpha value is -3.12. The lowest BCUT2D eigenvalue weighted by atomic mass is 10.2. The molecule has 2 aromatic heterocycles. The maximum Gasteiger partial charge on any atom is 0.163 e. The van der Waals surface area contributed by atoms with Crippen LogP contribution in [0.1, 0.15) is 5.56 Å². The van der Waals surface area contributed by atoms with E-state index in [0.29, 0.717) is 6.54 Å². The van der Waals surface area contributed by atoms with Crippen molar-refractivity contribution in [2.75, 3.05) is 36.0 Å². The highest BCUT2D eigenvalue weighted by Crippen LogP contribution is 2.26. The molecule has 0 bridgehead atoms. The summed E-state index contributed by atoms with van der Waals surface area (Å²) in [5.41, 5.74) is 3.28. The molecule has 0 saturated carbocycles. The minimum atomic E-state index is 0.700. The number of fused-ring (bicyclic) bond motifs is 1. The molecule has 1 aliphatic rings. The molecular formula is C22H21ClN6. The summed E-state index contributed by atoms with van der Waals surface area (Å²) in [5.74, 6) is 0.963. The fraction of sp³-hybridized carbons (Fsp3) is 0.227. The molecule has 0 amide bonds. The van der Waals surface area contributed by atoms with Crippen molar-refractivity contribution in [3.8, 4) is 0 Å². The van der Waals surface area contributed by atoms with Gasteiger partial charge in [-0.25, -0.2) is 14.6 Å². The highest BCUT2D eigenvalue weighted by molar-refractivity contribution is 6.30. The number of hydrogen-bond donors (Lipinski definition) is 0. The van der Waals surface area contributed by atoms with E-state index in [0.717, 1.165) is 48.1 Å². The first kappa shape index (κ1) is 17.9. The molecule has 0 radical (unpaired) electrons. The van der Waals surface area contributed by atoms with Crippen molar-refractivity contribution >= 4 is 34.1 Å². The van der Waals surface area contributed by atoms with Gasteiger partial charge in [-0.1, -0.05) is 41.9 Å². The van der Waals surface area contributed by atoms with Crippen LogP contribution in [0.2, 0.25) is 5.02 Å². The Kier molecular flexibility index (Phi) is 4.77. The van der Waals surface area contributed by atoms with Crippen LogP contribution in [0.3, 0.4) is 0 Å². The standard InChI is InChI=1S/C22H21ClN6/c23-18-6-8-19(9-7-18)27-10-12-28(13-11-27)21-20-14-26-29(22(20)25-16-24-21)15-17-4-2-1-3-5-17/h1-9,14,16H,10-13,15H2. The molecule has 0 atom stereocenters. The van der Waals surface area contributed by atoms with Gasteiger partial charge in [0.15, 0.2) is 5.65 Å². The number of benzene rings is 2. The first-order chi connectivity index (χ1) is 14.3. The van der Waals surface area contributed by atoms with Gasteiger partial charge in [-0.05, 0) is 29.8 Å². The fourth-order valence-electron chi connectivity index (χ4n) is 3.83. The Labute approximate surface area is 174 Å². The van der Waals surface area contributed by atoms with Crippen LogP contribution in [0.15, 0.2) is 67.1 Å². The normalized spacial score (nSPS) is 14.5. The third kappa shape index (κ3) is 3.63. The first-order valence-electron chi connectivity index (χ1n) is 9.74. The molecular weight excluding hydrogens is 384 g/mol. The van der Waals surface area contributed by atoms with Crippen molar-refractivity contribution < 1.29 is 0 Å². The van der Waals surface area contributed by atoms with E-state index in [9.17, 15) is 0 Å². The van der Waals surface area contributed by atoms with E-state index in [2.05, 4.69) is 49.1 Å². The maximum atomic E-state index is 6.01. The number of anilines is 2. The average molecular weight is 405 g/mol. The Bertz CT molecular complexity index is 1100. The van der Waals surface area contributed by atoms with Gasteiger partial charge in [-0.3, -0.25) is 0 Å². The zero-order chi connectivity index (χ0) is 19.6. The lowest BCUT2D eigenvalue weighted by molar-refractivity contribution is 0.648. The molecule has 0 spiro atoms. The van der Waals surface area contributed by atoms with Crippen molar-refractivity contribution in [2.45, 2.75) is 6.54 Å². The summed E-state index contributed by atoms with van der Waals surface area (Å²) >= 11 is 6.01. The molecule has 0 unspecified atom stereocenters. The lowest BCUT2D eigenvalue weighted by Gasteiger charge is -2.36. The predicted molar refractivity (Wildman–Crippen MR) is 117 cm³/mol. The number of halogens is 1. The molecule has 146 valence electrons. The summed E-state index contributed by atoms with van der Waals surface area (Å²) in [6.07, 6.45) is 3.53. The molecule has 4 aromatic rings. The van der Waals surface area contributed by atoms with Gasteiger partial charge >= 0.3 is 0 Å². The molecule has 7 heteroatoms. The quantitative estimate of drug-likeness (QED) is 0.517. The van der Waals surface area contributed by atoms with E-state index in [1.807, 2.05) is 41.2 Å². The Morgan fingerprint density at radius 3 is 2.31 bits per heavy atom. The summed E-state index contributed by atoms with van der Waals surface area (Å²) in [4.78, 5) is 13.8. The molecule has 3 heterocycles. The van der Waals surface area contributed by atoms with Crippen LogP contribution in [0.4, 0.5) is 11.5 Å². The van der Waals surface area contributed by atoms with E-state index < -0.39 is 0 Å². The van der Waals surface area contributed by atoms with Gasteiger partial charge in [0.2, 0.25) is 0 Å². The minimum absolute atomic E-state index is 0.700. The zero-order valence-corrected chi connectivity index (χ0v) is 16.7. The fourth-order valence-corrected chi connectivity index (χ4v) is 3.96. The summed E-state index contributed by atoms with van der Waals surface area (Å²) in [6, 6.07) is 18.4. The van der Waals surface area contributed by atoms with Crippen LogP contribution < -0.4 is 9.80 Å². The summed E-state index contributed by atoms with van der Waals surface area (Å²) in [6.45, 7) is 4.37. The van der Waals surface area contributed by atoms with E-state index in [4.69, 9.17) is 11.6 Å².